The molecule has 0 radical (unpaired) electrons. The van der Waals surface area contributed by atoms with Crippen LogP contribution in [0.25, 0.3) is 0 Å². The fourth-order valence-corrected chi connectivity index (χ4v) is 1.89. The van der Waals surface area contributed by atoms with E-state index in [1.165, 1.54) is 30.5 Å². The van der Waals surface area contributed by atoms with Crippen molar-refractivity contribution in [3.63, 3.8) is 0 Å². The maximum atomic E-state index is 11.7. The first-order valence-corrected chi connectivity index (χ1v) is 7.62. The molecule has 0 aliphatic carbocycles. The number of rotatable bonds is 9. The summed E-state index contributed by atoms with van der Waals surface area (Å²) in [6, 6.07) is 12.7. The van der Waals surface area contributed by atoms with E-state index in [0.717, 1.165) is 0 Å². The van der Waals surface area contributed by atoms with E-state index in [0.29, 0.717) is 23.7 Å². The van der Waals surface area contributed by atoms with Crippen LogP contribution in [0.15, 0.2) is 66.3 Å². The van der Waals surface area contributed by atoms with E-state index in [1.54, 1.807) is 18.2 Å². The second-order valence-electron chi connectivity index (χ2n) is 4.97. The minimum Gasteiger partial charge on any atom is -0.489 e. The van der Waals surface area contributed by atoms with Crippen molar-refractivity contribution in [3.05, 3.63) is 76.9 Å². The highest BCUT2D eigenvalue weighted by Crippen LogP contribution is 2.17. The van der Waals surface area contributed by atoms with Crippen LogP contribution >= 0.6 is 0 Å². The Morgan fingerprint density at radius 3 is 2.62 bits per heavy atom. The van der Waals surface area contributed by atoms with Crippen molar-refractivity contribution in [2.75, 3.05) is 13.2 Å². The van der Waals surface area contributed by atoms with Crippen molar-refractivity contribution in [2.24, 2.45) is 5.10 Å². The van der Waals surface area contributed by atoms with Gasteiger partial charge in [0.1, 0.15) is 18.1 Å². The van der Waals surface area contributed by atoms with Gasteiger partial charge < -0.3 is 9.47 Å². The molecule has 0 unspecified atom stereocenters. The Balaban J connectivity index is 1.84. The van der Waals surface area contributed by atoms with Gasteiger partial charge in [-0.1, -0.05) is 24.8 Å². The number of benzene rings is 2. The van der Waals surface area contributed by atoms with Crippen molar-refractivity contribution in [1.29, 1.82) is 0 Å². The molecular weight excluding hydrogens is 338 g/mol. The molecule has 0 saturated carbocycles. The Kier molecular flexibility index (Phi) is 6.87. The number of hydrogen-bond donors (Lipinski definition) is 1. The lowest BCUT2D eigenvalue weighted by Crippen LogP contribution is -2.24. The summed E-state index contributed by atoms with van der Waals surface area (Å²) in [7, 11) is 0. The summed E-state index contributed by atoms with van der Waals surface area (Å²) in [6.45, 7) is 3.67. The van der Waals surface area contributed by atoms with E-state index < -0.39 is 10.8 Å². The highest BCUT2D eigenvalue weighted by Gasteiger charge is 2.06. The lowest BCUT2D eigenvalue weighted by atomic mass is 10.2. The molecule has 0 spiro atoms. The molecule has 2 aromatic carbocycles. The number of ether oxygens (including phenoxy) is 2. The number of para-hydroxylation sites is 1. The summed E-state index contributed by atoms with van der Waals surface area (Å²) in [5.74, 6) is 0.495. The Morgan fingerprint density at radius 1 is 1.19 bits per heavy atom. The average Bonchev–Trinajstić information content (AvgIpc) is 2.66. The first-order valence-electron chi connectivity index (χ1n) is 7.62. The van der Waals surface area contributed by atoms with E-state index >= 15 is 0 Å². The maximum absolute atomic E-state index is 11.7. The van der Waals surface area contributed by atoms with Crippen LogP contribution in [-0.2, 0) is 4.79 Å². The summed E-state index contributed by atoms with van der Waals surface area (Å²) in [4.78, 5) is 21.8. The molecule has 8 nitrogen and oxygen atoms in total. The lowest BCUT2D eigenvalue weighted by molar-refractivity contribution is -0.384. The molecule has 0 aliphatic rings. The number of amides is 1. The van der Waals surface area contributed by atoms with Gasteiger partial charge in [0.25, 0.3) is 11.6 Å². The topological polar surface area (TPSA) is 103 Å². The fourth-order valence-electron chi connectivity index (χ4n) is 1.89. The largest absolute Gasteiger partial charge is 0.489 e. The minimum absolute atomic E-state index is 0.0521. The summed E-state index contributed by atoms with van der Waals surface area (Å²) < 4.78 is 10.7. The number of hydrogen-bond acceptors (Lipinski definition) is 6. The van der Waals surface area contributed by atoms with E-state index in [-0.39, 0.29) is 12.3 Å². The molecule has 0 aliphatic heterocycles. The van der Waals surface area contributed by atoms with Crippen molar-refractivity contribution in [2.45, 2.75) is 0 Å². The van der Waals surface area contributed by atoms with Crippen LogP contribution in [0.2, 0.25) is 0 Å². The zero-order valence-electron chi connectivity index (χ0n) is 13.8. The number of carbonyl (C=O) groups is 1. The van der Waals surface area contributed by atoms with Crippen LogP contribution in [0, 0.1) is 10.1 Å². The zero-order valence-corrected chi connectivity index (χ0v) is 13.8. The average molecular weight is 355 g/mol. The summed E-state index contributed by atoms with van der Waals surface area (Å²) in [5, 5.41) is 14.4. The molecule has 134 valence electrons. The molecule has 1 amide bonds. The number of non-ortho nitro benzene ring substituents is 1. The highest BCUT2D eigenvalue weighted by atomic mass is 16.6. The molecule has 2 aromatic rings. The van der Waals surface area contributed by atoms with Crippen molar-refractivity contribution < 1.29 is 19.2 Å². The summed E-state index contributed by atoms with van der Waals surface area (Å²) in [6.07, 6.45) is 3.09. The Bertz CT molecular complexity index is 803. The Labute approximate surface area is 149 Å². The van der Waals surface area contributed by atoms with Crippen molar-refractivity contribution >= 4 is 17.8 Å². The van der Waals surface area contributed by atoms with Crippen LogP contribution in [0.4, 0.5) is 5.69 Å². The Morgan fingerprint density at radius 2 is 1.92 bits per heavy atom. The zero-order chi connectivity index (χ0) is 18.8. The molecule has 0 heterocycles. The molecule has 1 N–H and O–H groups in total. The molecule has 0 saturated heterocycles. The van der Waals surface area contributed by atoms with Gasteiger partial charge in [-0.2, -0.15) is 5.10 Å². The van der Waals surface area contributed by atoms with Crippen LogP contribution in [0.1, 0.15) is 5.56 Å². The lowest BCUT2D eigenvalue weighted by Gasteiger charge is -2.06. The van der Waals surface area contributed by atoms with Gasteiger partial charge in [-0.05, 0) is 24.3 Å². The van der Waals surface area contributed by atoms with Gasteiger partial charge in [0, 0.05) is 17.7 Å². The number of carbonyl (C=O) groups excluding carboxylic acids is 1. The van der Waals surface area contributed by atoms with Crippen molar-refractivity contribution in [1.82, 2.24) is 5.43 Å². The number of nitro benzene ring substituents is 1. The SMILES string of the molecule is C=CCOc1ccccc1C=NNC(=O)COc1ccc([N+](=O)[O-])cc1. The molecule has 0 bridgehead atoms. The van der Waals surface area contributed by atoms with Crippen LogP contribution in [0.5, 0.6) is 11.5 Å². The normalized spacial score (nSPS) is 10.3. The number of hydrazone groups is 1. The number of nitro groups is 1. The maximum Gasteiger partial charge on any atom is 0.277 e. The highest BCUT2D eigenvalue weighted by molar-refractivity contribution is 5.85. The number of nitrogens with one attached hydrogen (secondary N) is 1. The van der Waals surface area contributed by atoms with Crippen LogP contribution < -0.4 is 14.9 Å². The summed E-state index contributed by atoms with van der Waals surface area (Å²) >= 11 is 0. The molecule has 2 rings (SSSR count). The second kappa shape index (κ2) is 9.58. The second-order valence-corrected chi connectivity index (χ2v) is 4.97. The number of nitrogens with zero attached hydrogens (tertiary/aromatic N) is 2. The van der Waals surface area contributed by atoms with Gasteiger partial charge in [-0.25, -0.2) is 5.43 Å². The molecule has 8 heteroatoms. The van der Waals surface area contributed by atoms with E-state index in [4.69, 9.17) is 9.47 Å². The molecule has 26 heavy (non-hydrogen) atoms. The van der Waals surface area contributed by atoms with Gasteiger partial charge in [0.05, 0.1) is 11.1 Å². The van der Waals surface area contributed by atoms with Crippen molar-refractivity contribution in [3.8, 4) is 11.5 Å². The molecule has 0 fully saturated rings. The Hall–Kier alpha value is -3.68. The molecular formula is C18H17N3O5. The minimum atomic E-state index is -0.512. The standard InChI is InChI=1S/C18H17N3O5/c1-2-11-25-17-6-4-3-5-14(17)12-19-20-18(22)13-26-16-9-7-15(8-10-16)21(23)24/h2-10,12H,1,11,13H2,(H,20,22). The van der Waals surface area contributed by atoms with Gasteiger partial charge in [0.2, 0.25) is 0 Å². The van der Waals surface area contributed by atoms with Crippen LogP contribution in [0.3, 0.4) is 0 Å². The smallest absolute Gasteiger partial charge is 0.277 e. The van der Waals surface area contributed by atoms with Gasteiger partial charge in [-0.15, -0.1) is 0 Å². The van der Waals surface area contributed by atoms with Gasteiger partial charge >= 0.3 is 0 Å². The summed E-state index contributed by atoms with van der Waals surface area (Å²) in [5.41, 5.74) is 2.98. The third kappa shape index (κ3) is 5.75. The van der Waals surface area contributed by atoms with E-state index in [2.05, 4.69) is 17.1 Å². The first-order chi connectivity index (χ1) is 12.6. The van der Waals surface area contributed by atoms with Gasteiger partial charge in [-0.3, -0.25) is 14.9 Å². The monoisotopic (exact) mass is 355 g/mol. The predicted molar refractivity (Wildman–Crippen MR) is 96.5 cm³/mol. The quantitative estimate of drug-likeness (QED) is 0.322. The molecule has 0 aromatic heterocycles. The fraction of sp³-hybridized carbons (Fsp3) is 0.111. The third-order valence-corrected chi connectivity index (χ3v) is 3.09. The van der Waals surface area contributed by atoms with Crippen LogP contribution in [-0.4, -0.2) is 30.3 Å². The first kappa shape index (κ1) is 18.7. The predicted octanol–water partition coefficient (Wildman–Crippen LogP) is 2.69. The van der Waals surface area contributed by atoms with E-state index in [1.807, 2.05) is 12.1 Å². The van der Waals surface area contributed by atoms with Gasteiger partial charge in [0.15, 0.2) is 6.61 Å². The third-order valence-electron chi connectivity index (χ3n) is 3.09. The molecule has 0 atom stereocenters. The van der Waals surface area contributed by atoms with E-state index in [9.17, 15) is 14.9 Å².